The average Bonchev–Trinajstić information content (AvgIpc) is 3.00. The van der Waals surface area contributed by atoms with Crippen LogP contribution in [0.4, 0.5) is 4.39 Å². The standard InChI is InChI=1S/C15H12ClFN4O2S2.ClH/c1-18-8-12-21-13(10-3-2-6-19-14(10)17)15(24-12)25(22,23)9-4-5-11(16)20-7-9;/h2-7,18H,8H2,1H3;1H. The molecule has 3 heterocycles. The maximum atomic E-state index is 14.1. The molecule has 0 unspecified atom stereocenters. The molecular formula is C15H13Cl2FN4O2S2. The summed E-state index contributed by atoms with van der Waals surface area (Å²) in [5.74, 6) is -0.783. The van der Waals surface area contributed by atoms with Gasteiger partial charge in [-0.2, -0.15) is 4.39 Å². The molecule has 1 N–H and O–H groups in total. The number of hydrogen-bond donors (Lipinski definition) is 1. The van der Waals surface area contributed by atoms with Gasteiger partial charge in [0.25, 0.3) is 0 Å². The molecule has 11 heteroatoms. The maximum Gasteiger partial charge on any atom is 0.222 e. The van der Waals surface area contributed by atoms with Crippen molar-refractivity contribution >= 4 is 45.2 Å². The van der Waals surface area contributed by atoms with E-state index in [0.717, 1.165) is 11.3 Å². The number of nitrogens with zero attached hydrogens (tertiary/aromatic N) is 3. The predicted molar refractivity (Wildman–Crippen MR) is 100 cm³/mol. The van der Waals surface area contributed by atoms with Crippen LogP contribution in [0.1, 0.15) is 5.01 Å². The summed E-state index contributed by atoms with van der Waals surface area (Å²) in [6.45, 7) is 0.355. The van der Waals surface area contributed by atoms with E-state index in [0.29, 0.717) is 11.6 Å². The second-order valence-corrected chi connectivity index (χ2v) is 8.55. The zero-order valence-electron chi connectivity index (χ0n) is 13.3. The lowest BCUT2D eigenvalue weighted by molar-refractivity contribution is 0.586. The monoisotopic (exact) mass is 434 g/mol. The first-order chi connectivity index (χ1) is 11.9. The number of nitrogens with one attached hydrogen (secondary N) is 1. The third-order valence-corrected chi connectivity index (χ3v) is 6.76. The van der Waals surface area contributed by atoms with Crippen molar-refractivity contribution in [3.05, 3.63) is 52.8 Å². The number of hydrogen-bond acceptors (Lipinski definition) is 7. The molecule has 3 rings (SSSR count). The molecule has 138 valence electrons. The molecule has 6 nitrogen and oxygen atoms in total. The molecule has 0 spiro atoms. The first-order valence-electron chi connectivity index (χ1n) is 7.05. The molecule has 26 heavy (non-hydrogen) atoms. The normalized spacial score (nSPS) is 11.2. The van der Waals surface area contributed by atoms with Gasteiger partial charge in [-0.3, -0.25) is 0 Å². The van der Waals surface area contributed by atoms with Crippen molar-refractivity contribution in [2.45, 2.75) is 15.6 Å². The van der Waals surface area contributed by atoms with Crippen LogP contribution in [-0.4, -0.2) is 30.4 Å². The van der Waals surface area contributed by atoms with Gasteiger partial charge in [0, 0.05) is 18.9 Å². The maximum absolute atomic E-state index is 14.1. The van der Waals surface area contributed by atoms with Crippen molar-refractivity contribution in [3.63, 3.8) is 0 Å². The summed E-state index contributed by atoms with van der Waals surface area (Å²) >= 11 is 6.70. The van der Waals surface area contributed by atoms with Crippen LogP contribution in [-0.2, 0) is 16.4 Å². The van der Waals surface area contributed by atoms with Crippen molar-refractivity contribution < 1.29 is 12.8 Å². The van der Waals surface area contributed by atoms with Crippen LogP contribution >= 0.6 is 35.3 Å². The van der Waals surface area contributed by atoms with Crippen molar-refractivity contribution in [3.8, 4) is 11.3 Å². The second kappa shape index (κ2) is 8.36. The Morgan fingerprint density at radius 3 is 2.65 bits per heavy atom. The topological polar surface area (TPSA) is 84.8 Å². The average molecular weight is 435 g/mol. The number of halogens is 3. The van der Waals surface area contributed by atoms with Crippen LogP contribution in [0.2, 0.25) is 5.15 Å². The first kappa shape index (κ1) is 20.7. The molecule has 0 aliphatic heterocycles. The third-order valence-electron chi connectivity index (χ3n) is 3.24. The van der Waals surface area contributed by atoms with E-state index < -0.39 is 15.8 Å². The molecule has 0 radical (unpaired) electrons. The molecule has 0 amide bonds. The summed E-state index contributed by atoms with van der Waals surface area (Å²) < 4.78 is 40.0. The summed E-state index contributed by atoms with van der Waals surface area (Å²) in [5.41, 5.74) is 0.0670. The Morgan fingerprint density at radius 1 is 1.27 bits per heavy atom. The van der Waals surface area contributed by atoms with E-state index in [1.165, 1.54) is 36.7 Å². The number of rotatable bonds is 5. The minimum absolute atomic E-state index is 0. The lowest BCUT2D eigenvalue weighted by atomic mass is 10.2. The summed E-state index contributed by atoms with van der Waals surface area (Å²) in [7, 11) is -2.22. The highest BCUT2D eigenvalue weighted by molar-refractivity contribution is 7.93. The summed E-state index contributed by atoms with van der Waals surface area (Å²) in [4.78, 5) is 11.6. The molecule has 0 saturated carbocycles. The molecule has 0 aliphatic carbocycles. The fourth-order valence-corrected chi connectivity index (χ4v) is 5.13. The Balaban J connectivity index is 0.00000243. The van der Waals surface area contributed by atoms with Gasteiger partial charge in [-0.15, -0.1) is 23.7 Å². The fraction of sp³-hybridized carbons (Fsp3) is 0.133. The van der Waals surface area contributed by atoms with Gasteiger partial charge in [0.1, 0.15) is 15.9 Å². The zero-order chi connectivity index (χ0) is 18.0. The lowest BCUT2D eigenvalue weighted by Gasteiger charge is -2.05. The molecular weight excluding hydrogens is 422 g/mol. The minimum Gasteiger partial charge on any atom is -0.314 e. The number of pyridine rings is 2. The van der Waals surface area contributed by atoms with E-state index >= 15 is 0 Å². The highest BCUT2D eigenvalue weighted by Gasteiger charge is 2.28. The zero-order valence-corrected chi connectivity index (χ0v) is 16.5. The molecule has 0 aromatic carbocycles. The first-order valence-corrected chi connectivity index (χ1v) is 9.73. The van der Waals surface area contributed by atoms with E-state index in [-0.39, 0.29) is 37.9 Å². The predicted octanol–water partition coefficient (Wildman–Crippen LogP) is 3.37. The fourth-order valence-electron chi connectivity index (χ4n) is 2.12. The Labute approximate surface area is 164 Å². The van der Waals surface area contributed by atoms with Crippen LogP contribution in [0.3, 0.4) is 0 Å². The van der Waals surface area contributed by atoms with Gasteiger partial charge in [-0.05, 0) is 31.3 Å². The third kappa shape index (κ3) is 4.02. The van der Waals surface area contributed by atoms with Gasteiger partial charge in [0.05, 0.1) is 10.5 Å². The molecule has 3 aromatic heterocycles. The summed E-state index contributed by atoms with van der Waals surface area (Å²) in [6.07, 6.45) is 2.45. The molecule has 0 fully saturated rings. The Hall–Kier alpha value is -1.65. The SMILES string of the molecule is CNCc1nc(-c2cccnc2F)c(S(=O)(=O)c2ccc(Cl)nc2)s1.Cl. The van der Waals surface area contributed by atoms with Gasteiger partial charge in [0.2, 0.25) is 15.8 Å². The van der Waals surface area contributed by atoms with Gasteiger partial charge >= 0.3 is 0 Å². The molecule has 0 saturated heterocycles. The van der Waals surface area contributed by atoms with E-state index in [2.05, 4.69) is 20.3 Å². The quantitative estimate of drug-likeness (QED) is 0.619. The second-order valence-electron chi connectivity index (χ2n) is 4.94. The minimum atomic E-state index is -3.94. The van der Waals surface area contributed by atoms with Crippen LogP contribution < -0.4 is 5.32 Å². The molecule has 0 aliphatic rings. The van der Waals surface area contributed by atoms with Gasteiger partial charge in [-0.25, -0.2) is 23.4 Å². The van der Waals surface area contributed by atoms with Gasteiger partial charge in [-0.1, -0.05) is 11.6 Å². The Kier molecular flexibility index (Phi) is 6.64. The highest BCUT2D eigenvalue weighted by atomic mass is 35.5. The summed E-state index contributed by atoms with van der Waals surface area (Å²) in [6, 6.07) is 5.70. The van der Waals surface area contributed by atoms with Crippen LogP contribution in [0.25, 0.3) is 11.3 Å². The Bertz CT molecular complexity index is 1010. The lowest BCUT2D eigenvalue weighted by Crippen LogP contribution is -2.04. The molecule has 3 aromatic rings. The van der Waals surface area contributed by atoms with Crippen molar-refractivity contribution in [1.29, 1.82) is 0 Å². The van der Waals surface area contributed by atoms with E-state index in [1.807, 2.05) is 0 Å². The Morgan fingerprint density at radius 2 is 2.04 bits per heavy atom. The number of sulfone groups is 1. The summed E-state index contributed by atoms with van der Waals surface area (Å²) in [5, 5.41) is 3.60. The van der Waals surface area contributed by atoms with E-state index in [4.69, 9.17) is 11.6 Å². The van der Waals surface area contributed by atoms with Gasteiger partial charge < -0.3 is 5.32 Å². The van der Waals surface area contributed by atoms with E-state index in [1.54, 1.807) is 7.05 Å². The smallest absolute Gasteiger partial charge is 0.222 e. The highest BCUT2D eigenvalue weighted by Crippen LogP contribution is 2.36. The van der Waals surface area contributed by atoms with Crippen molar-refractivity contribution in [1.82, 2.24) is 20.3 Å². The molecule has 0 bridgehead atoms. The van der Waals surface area contributed by atoms with Crippen LogP contribution in [0.5, 0.6) is 0 Å². The number of thiazole rings is 1. The van der Waals surface area contributed by atoms with Crippen LogP contribution in [0, 0.1) is 5.95 Å². The van der Waals surface area contributed by atoms with Crippen molar-refractivity contribution in [2.24, 2.45) is 0 Å². The largest absolute Gasteiger partial charge is 0.314 e. The van der Waals surface area contributed by atoms with Gasteiger partial charge in [0.15, 0.2) is 4.21 Å². The van der Waals surface area contributed by atoms with Crippen LogP contribution in [0.15, 0.2) is 45.8 Å². The molecule has 0 atom stereocenters. The number of aromatic nitrogens is 3. The van der Waals surface area contributed by atoms with Crippen molar-refractivity contribution in [2.75, 3.05) is 7.05 Å². The van der Waals surface area contributed by atoms with E-state index in [9.17, 15) is 12.8 Å².